The molecule has 31 heavy (non-hydrogen) atoms. The number of hydrogen-bond acceptors (Lipinski definition) is 5. The van der Waals surface area contributed by atoms with Crippen LogP contribution in [0.3, 0.4) is 0 Å². The van der Waals surface area contributed by atoms with E-state index in [2.05, 4.69) is 29.2 Å². The minimum absolute atomic E-state index is 0.0167. The van der Waals surface area contributed by atoms with E-state index in [9.17, 15) is 4.79 Å². The summed E-state index contributed by atoms with van der Waals surface area (Å²) in [5.74, 6) is -0.0167. The van der Waals surface area contributed by atoms with E-state index in [4.69, 9.17) is 9.72 Å². The first kappa shape index (κ1) is 19.7. The van der Waals surface area contributed by atoms with Crippen LogP contribution in [0.5, 0.6) is 0 Å². The maximum atomic E-state index is 13.4. The molecule has 1 aliphatic rings. The number of anilines is 1. The zero-order valence-electron chi connectivity index (χ0n) is 17.0. The van der Waals surface area contributed by atoms with Crippen molar-refractivity contribution in [2.45, 2.75) is 0 Å². The zero-order chi connectivity index (χ0) is 21.0. The molecule has 1 saturated heterocycles. The number of aromatic nitrogens is 1. The third kappa shape index (κ3) is 4.29. The summed E-state index contributed by atoms with van der Waals surface area (Å²) >= 11 is 1.55. The molecule has 0 aliphatic carbocycles. The summed E-state index contributed by atoms with van der Waals surface area (Å²) in [4.78, 5) is 20.5. The van der Waals surface area contributed by atoms with Crippen LogP contribution in [0, 0.1) is 0 Å². The van der Waals surface area contributed by atoms with Gasteiger partial charge in [-0.25, -0.2) is 4.98 Å². The molecule has 0 N–H and O–H groups in total. The number of thiazole rings is 1. The van der Waals surface area contributed by atoms with Crippen LogP contribution < -0.4 is 4.90 Å². The number of morpholine rings is 1. The molecular weight excluding hydrogens is 404 g/mol. The molecule has 0 atom stereocenters. The van der Waals surface area contributed by atoms with Crippen LogP contribution in [-0.4, -0.2) is 37.1 Å². The van der Waals surface area contributed by atoms with Crippen LogP contribution in [0.1, 0.15) is 20.9 Å². The Morgan fingerprint density at radius 1 is 0.903 bits per heavy atom. The summed E-state index contributed by atoms with van der Waals surface area (Å²) in [5, 5.41) is 0.743. The average Bonchev–Trinajstić information content (AvgIpc) is 3.28. The predicted octanol–water partition coefficient (Wildman–Crippen LogP) is 5.56. The van der Waals surface area contributed by atoms with Crippen molar-refractivity contribution < 1.29 is 9.53 Å². The van der Waals surface area contributed by atoms with Gasteiger partial charge >= 0.3 is 0 Å². The number of nitrogens with zero attached hydrogens (tertiary/aromatic N) is 2. The Balaban J connectivity index is 1.53. The lowest BCUT2D eigenvalue weighted by Gasteiger charge is -2.28. The number of Topliss-reactive ketones (excluding diaryl/α,β-unsaturated/α-hetero) is 1. The fraction of sp³-hybridized carbons (Fsp3) is 0.154. The third-order valence-corrected chi connectivity index (χ3v) is 6.45. The molecule has 1 fully saturated rings. The highest BCUT2D eigenvalue weighted by Gasteiger charge is 2.18. The second kappa shape index (κ2) is 8.84. The molecule has 0 bridgehead atoms. The highest BCUT2D eigenvalue weighted by molar-refractivity contribution is 7.20. The Bertz CT molecular complexity index is 1190. The standard InChI is InChI=1S/C26H22N2O2S/c29-25(20-6-2-1-3-7-20)22(26-27-23-8-4-5-9-24(23)31-26)18-19-10-12-21(13-11-19)28-14-16-30-17-15-28/h1-13,18H,14-17H2/b22-18+. The molecular formula is C26H22N2O2S. The molecule has 0 saturated carbocycles. The molecule has 154 valence electrons. The Labute approximate surface area is 185 Å². The van der Waals surface area contributed by atoms with E-state index < -0.39 is 0 Å². The van der Waals surface area contributed by atoms with E-state index in [1.54, 1.807) is 11.3 Å². The van der Waals surface area contributed by atoms with Crippen molar-refractivity contribution in [1.82, 2.24) is 4.98 Å². The van der Waals surface area contributed by atoms with Crippen molar-refractivity contribution in [3.63, 3.8) is 0 Å². The lowest BCUT2D eigenvalue weighted by molar-refractivity contribution is 0.105. The number of rotatable bonds is 5. The van der Waals surface area contributed by atoms with Crippen LogP contribution in [0.2, 0.25) is 0 Å². The lowest BCUT2D eigenvalue weighted by Crippen LogP contribution is -2.36. The molecule has 1 aromatic heterocycles. The van der Waals surface area contributed by atoms with Gasteiger partial charge in [-0.3, -0.25) is 4.79 Å². The van der Waals surface area contributed by atoms with Crippen LogP contribution in [-0.2, 0) is 4.74 Å². The summed E-state index contributed by atoms with van der Waals surface area (Å²) < 4.78 is 6.52. The molecule has 5 heteroatoms. The number of benzene rings is 3. The fourth-order valence-corrected chi connectivity index (χ4v) is 4.71. The number of carbonyl (C=O) groups excluding carboxylic acids is 1. The molecule has 4 aromatic rings. The van der Waals surface area contributed by atoms with Crippen LogP contribution >= 0.6 is 11.3 Å². The number of ketones is 1. The second-order valence-electron chi connectivity index (χ2n) is 7.43. The predicted molar refractivity (Wildman–Crippen MR) is 128 cm³/mol. The quantitative estimate of drug-likeness (QED) is 0.310. The Kier molecular flexibility index (Phi) is 5.61. The summed E-state index contributed by atoms with van der Waals surface area (Å²) in [6.45, 7) is 3.32. The molecule has 3 aromatic carbocycles. The maximum Gasteiger partial charge on any atom is 0.196 e. The van der Waals surface area contributed by atoms with E-state index in [1.807, 2.05) is 60.7 Å². The first-order valence-corrected chi connectivity index (χ1v) is 11.2. The lowest BCUT2D eigenvalue weighted by atomic mass is 10.0. The van der Waals surface area contributed by atoms with Gasteiger partial charge in [0.2, 0.25) is 0 Å². The summed E-state index contributed by atoms with van der Waals surface area (Å²) in [6, 6.07) is 25.7. The Morgan fingerprint density at radius 3 is 2.35 bits per heavy atom. The normalized spacial score (nSPS) is 14.7. The van der Waals surface area contributed by atoms with Crippen molar-refractivity contribution in [3.8, 4) is 0 Å². The number of para-hydroxylation sites is 1. The van der Waals surface area contributed by atoms with Gasteiger partial charge in [0.15, 0.2) is 5.78 Å². The van der Waals surface area contributed by atoms with Crippen LogP contribution in [0.15, 0.2) is 78.9 Å². The minimum Gasteiger partial charge on any atom is -0.378 e. The van der Waals surface area contributed by atoms with Gasteiger partial charge < -0.3 is 9.64 Å². The van der Waals surface area contributed by atoms with Gasteiger partial charge in [0.05, 0.1) is 29.0 Å². The van der Waals surface area contributed by atoms with Gasteiger partial charge in [0.25, 0.3) is 0 Å². The highest BCUT2D eigenvalue weighted by Crippen LogP contribution is 2.31. The monoisotopic (exact) mass is 426 g/mol. The molecule has 0 amide bonds. The van der Waals surface area contributed by atoms with Crippen molar-refractivity contribution in [1.29, 1.82) is 0 Å². The van der Waals surface area contributed by atoms with Gasteiger partial charge in [-0.15, -0.1) is 11.3 Å². The van der Waals surface area contributed by atoms with Crippen LogP contribution in [0.4, 0.5) is 5.69 Å². The average molecular weight is 427 g/mol. The summed E-state index contributed by atoms with van der Waals surface area (Å²) in [5.41, 5.74) is 4.35. The molecule has 0 spiro atoms. The molecule has 5 rings (SSSR count). The van der Waals surface area contributed by atoms with Gasteiger partial charge in [-0.05, 0) is 35.9 Å². The number of ether oxygens (including phenoxy) is 1. The van der Waals surface area contributed by atoms with Crippen molar-refractivity contribution in [3.05, 3.63) is 95.0 Å². The largest absolute Gasteiger partial charge is 0.378 e. The maximum absolute atomic E-state index is 13.4. The van der Waals surface area contributed by atoms with Crippen LogP contribution in [0.25, 0.3) is 21.9 Å². The van der Waals surface area contributed by atoms with E-state index in [-0.39, 0.29) is 5.78 Å². The summed E-state index contributed by atoms with van der Waals surface area (Å²) in [7, 11) is 0. The third-order valence-electron chi connectivity index (χ3n) is 5.39. The molecule has 0 unspecified atom stereocenters. The molecule has 2 heterocycles. The Hall–Kier alpha value is -3.28. The topological polar surface area (TPSA) is 42.4 Å². The first-order chi connectivity index (χ1) is 15.3. The highest BCUT2D eigenvalue weighted by atomic mass is 32.1. The van der Waals surface area contributed by atoms with Crippen molar-refractivity contribution >= 4 is 44.7 Å². The fourth-order valence-electron chi connectivity index (χ4n) is 3.73. The second-order valence-corrected chi connectivity index (χ2v) is 8.46. The van der Waals surface area contributed by atoms with Crippen molar-refractivity contribution in [2.24, 2.45) is 0 Å². The number of hydrogen-bond donors (Lipinski definition) is 0. The van der Waals surface area contributed by atoms with Crippen molar-refractivity contribution in [2.75, 3.05) is 31.2 Å². The number of fused-ring (bicyclic) bond motifs is 1. The van der Waals surface area contributed by atoms with Gasteiger partial charge in [0, 0.05) is 24.3 Å². The molecule has 0 radical (unpaired) electrons. The zero-order valence-corrected chi connectivity index (χ0v) is 17.8. The van der Waals surface area contributed by atoms with E-state index in [1.165, 1.54) is 5.69 Å². The number of carbonyl (C=O) groups is 1. The molecule has 4 nitrogen and oxygen atoms in total. The van der Waals surface area contributed by atoms with E-state index in [0.29, 0.717) is 11.1 Å². The van der Waals surface area contributed by atoms with Gasteiger partial charge in [-0.1, -0.05) is 54.6 Å². The molecule has 1 aliphatic heterocycles. The van der Waals surface area contributed by atoms with Gasteiger partial charge in [0.1, 0.15) is 5.01 Å². The first-order valence-electron chi connectivity index (χ1n) is 10.4. The Morgan fingerprint density at radius 2 is 1.61 bits per heavy atom. The smallest absolute Gasteiger partial charge is 0.196 e. The van der Waals surface area contributed by atoms with Gasteiger partial charge in [-0.2, -0.15) is 0 Å². The van der Waals surface area contributed by atoms with E-state index in [0.717, 1.165) is 47.1 Å². The summed E-state index contributed by atoms with van der Waals surface area (Å²) in [6.07, 6.45) is 1.95. The minimum atomic E-state index is -0.0167. The van der Waals surface area contributed by atoms with E-state index >= 15 is 0 Å². The SMILES string of the molecule is O=C(/C(=C\c1ccc(N2CCOCC2)cc1)c1nc2ccccc2s1)c1ccccc1. The number of allylic oxidation sites excluding steroid dienone is 1.